The number of ether oxygens (including phenoxy) is 1. The van der Waals surface area contributed by atoms with Gasteiger partial charge in [0, 0.05) is 38.1 Å². The van der Waals surface area contributed by atoms with E-state index in [0.29, 0.717) is 18.8 Å². The van der Waals surface area contributed by atoms with E-state index in [-0.39, 0.29) is 11.8 Å². The molecule has 0 radical (unpaired) electrons. The molecule has 2 N–H and O–H groups in total. The summed E-state index contributed by atoms with van der Waals surface area (Å²) in [6.45, 7) is 6.21. The molecule has 1 saturated heterocycles. The molecule has 1 aromatic rings. The van der Waals surface area contributed by atoms with Gasteiger partial charge in [0.05, 0.1) is 6.61 Å². The van der Waals surface area contributed by atoms with Crippen LogP contribution in [-0.2, 0) is 14.3 Å². The van der Waals surface area contributed by atoms with Gasteiger partial charge >= 0.3 is 0 Å². The fourth-order valence-corrected chi connectivity index (χ4v) is 2.79. The number of benzene rings is 1. The van der Waals surface area contributed by atoms with Gasteiger partial charge in [-0.2, -0.15) is 0 Å². The third-order valence-corrected chi connectivity index (χ3v) is 4.57. The largest absolute Gasteiger partial charge is 0.383 e. The SMILES string of the molecule is COCCNC(=O)C(C)(C)C(=O)Nc1ccc(N2CCCCC2)cc1. The van der Waals surface area contributed by atoms with E-state index in [1.165, 1.54) is 24.9 Å². The zero-order valence-electron chi connectivity index (χ0n) is 15.4. The van der Waals surface area contributed by atoms with Crippen LogP contribution in [0.4, 0.5) is 11.4 Å². The number of carbonyl (C=O) groups excluding carboxylic acids is 2. The zero-order chi connectivity index (χ0) is 18.3. The third kappa shape index (κ3) is 5.19. The van der Waals surface area contributed by atoms with Crippen molar-refractivity contribution >= 4 is 23.2 Å². The maximum atomic E-state index is 12.5. The van der Waals surface area contributed by atoms with Crippen LogP contribution in [0, 0.1) is 5.41 Å². The first-order valence-electron chi connectivity index (χ1n) is 8.89. The van der Waals surface area contributed by atoms with Gasteiger partial charge in [-0.15, -0.1) is 0 Å². The van der Waals surface area contributed by atoms with Gasteiger partial charge in [-0.1, -0.05) is 0 Å². The Morgan fingerprint density at radius 1 is 1.08 bits per heavy atom. The average Bonchev–Trinajstić information content (AvgIpc) is 2.63. The Labute approximate surface area is 149 Å². The lowest BCUT2D eigenvalue weighted by Crippen LogP contribution is -2.45. The average molecular weight is 347 g/mol. The molecule has 1 fully saturated rings. The molecule has 1 heterocycles. The van der Waals surface area contributed by atoms with E-state index >= 15 is 0 Å². The number of piperidine rings is 1. The second-order valence-electron chi connectivity index (χ2n) is 6.92. The molecule has 0 atom stereocenters. The highest BCUT2D eigenvalue weighted by Crippen LogP contribution is 2.23. The fourth-order valence-electron chi connectivity index (χ4n) is 2.79. The highest BCUT2D eigenvalue weighted by molar-refractivity contribution is 6.09. The second-order valence-corrected chi connectivity index (χ2v) is 6.92. The monoisotopic (exact) mass is 347 g/mol. The quantitative estimate of drug-likeness (QED) is 0.587. The van der Waals surface area contributed by atoms with E-state index in [1.807, 2.05) is 24.3 Å². The van der Waals surface area contributed by atoms with Crippen molar-refractivity contribution in [2.24, 2.45) is 5.41 Å². The molecule has 1 aromatic carbocycles. The Balaban J connectivity index is 1.93. The van der Waals surface area contributed by atoms with Gasteiger partial charge in [0.15, 0.2) is 0 Å². The van der Waals surface area contributed by atoms with Crippen LogP contribution in [0.5, 0.6) is 0 Å². The molecule has 0 unspecified atom stereocenters. The Hall–Kier alpha value is -2.08. The first-order valence-corrected chi connectivity index (χ1v) is 8.89. The maximum Gasteiger partial charge on any atom is 0.239 e. The van der Waals surface area contributed by atoms with E-state index in [4.69, 9.17) is 4.74 Å². The Morgan fingerprint density at radius 3 is 2.32 bits per heavy atom. The van der Waals surface area contributed by atoms with E-state index in [9.17, 15) is 9.59 Å². The number of carbonyl (C=O) groups is 2. The van der Waals surface area contributed by atoms with Crippen molar-refractivity contribution in [3.05, 3.63) is 24.3 Å². The molecule has 6 nitrogen and oxygen atoms in total. The number of nitrogens with zero attached hydrogens (tertiary/aromatic N) is 1. The van der Waals surface area contributed by atoms with Gasteiger partial charge in [-0.3, -0.25) is 9.59 Å². The van der Waals surface area contributed by atoms with Crippen molar-refractivity contribution in [1.82, 2.24) is 5.32 Å². The van der Waals surface area contributed by atoms with Gasteiger partial charge in [-0.05, 0) is 57.4 Å². The van der Waals surface area contributed by atoms with Gasteiger partial charge in [0.2, 0.25) is 11.8 Å². The summed E-state index contributed by atoms with van der Waals surface area (Å²) in [6.07, 6.45) is 3.75. The minimum absolute atomic E-state index is 0.313. The van der Waals surface area contributed by atoms with Crippen molar-refractivity contribution in [2.75, 3.05) is 43.6 Å². The molecular formula is C19H29N3O3. The van der Waals surface area contributed by atoms with Crippen LogP contribution in [0.1, 0.15) is 33.1 Å². The Morgan fingerprint density at radius 2 is 1.72 bits per heavy atom. The van der Waals surface area contributed by atoms with Crippen LogP contribution in [0.2, 0.25) is 0 Å². The van der Waals surface area contributed by atoms with Crippen molar-refractivity contribution in [1.29, 1.82) is 0 Å². The number of rotatable bonds is 7. The van der Waals surface area contributed by atoms with Crippen molar-refractivity contribution in [2.45, 2.75) is 33.1 Å². The smallest absolute Gasteiger partial charge is 0.239 e. The van der Waals surface area contributed by atoms with Crippen LogP contribution in [0.15, 0.2) is 24.3 Å². The first kappa shape index (κ1) is 19.2. The van der Waals surface area contributed by atoms with E-state index in [1.54, 1.807) is 21.0 Å². The summed E-state index contributed by atoms with van der Waals surface area (Å²) < 4.78 is 4.90. The first-order chi connectivity index (χ1) is 11.9. The summed E-state index contributed by atoms with van der Waals surface area (Å²) in [5.74, 6) is -0.639. The van der Waals surface area contributed by atoms with Gasteiger partial charge < -0.3 is 20.3 Å². The van der Waals surface area contributed by atoms with Gasteiger partial charge in [-0.25, -0.2) is 0 Å². The lowest BCUT2D eigenvalue weighted by atomic mass is 9.91. The molecule has 0 saturated carbocycles. The Kier molecular flexibility index (Phi) is 6.82. The van der Waals surface area contributed by atoms with Crippen molar-refractivity contribution in [3.63, 3.8) is 0 Å². The molecule has 0 spiro atoms. The summed E-state index contributed by atoms with van der Waals surface area (Å²) in [6, 6.07) is 7.82. The maximum absolute atomic E-state index is 12.5. The fraction of sp³-hybridized carbons (Fsp3) is 0.579. The normalized spacial score (nSPS) is 14.9. The molecule has 1 aliphatic rings. The molecule has 1 aliphatic heterocycles. The molecule has 0 aliphatic carbocycles. The molecule has 25 heavy (non-hydrogen) atoms. The number of hydrogen-bond donors (Lipinski definition) is 2. The van der Waals surface area contributed by atoms with E-state index in [0.717, 1.165) is 13.1 Å². The molecule has 6 heteroatoms. The van der Waals surface area contributed by atoms with E-state index in [2.05, 4.69) is 15.5 Å². The molecular weight excluding hydrogens is 318 g/mol. The summed E-state index contributed by atoms with van der Waals surface area (Å²) in [7, 11) is 1.57. The van der Waals surface area contributed by atoms with Crippen LogP contribution in [-0.4, -0.2) is 45.2 Å². The highest BCUT2D eigenvalue weighted by Gasteiger charge is 2.35. The van der Waals surface area contributed by atoms with Crippen LogP contribution in [0.3, 0.4) is 0 Å². The minimum atomic E-state index is -1.15. The van der Waals surface area contributed by atoms with Crippen LogP contribution >= 0.6 is 0 Å². The van der Waals surface area contributed by atoms with Crippen LogP contribution < -0.4 is 15.5 Å². The van der Waals surface area contributed by atoms with Crippen molar-refractivity contribution in [3.8, 4) is 0 Å². The topological polar surface area (TPSA) is 70.7 Å². The number of nitrogens with one attached hydrogen (secondary N) is 2. The predicted molar refractivity (Wildman–Crippen MR) is 99.8 cm³/mol. The predicted octanol–water partition coefficient (Wildman–Crippen LogP) is 2.40. The molecule has 0 aromatic heterocycles. The third-order valence-electron chi connectivity index (χ3n) is 4.57. The van der Waals surface area contributed by atoms with Crippen LogP contribution in [0.25, 0.3) is 0 Å². The van der Waals surface area contributed by atoms with Gasteiger partial charge in [0.25, 0.3) is 0 Å². The highest BCUT2D eigenvalue weighted by atomic mass is 16.5. The number of methoxy groups -OCH3 is 1. The van der Waals surface area contributed by atoms with Gasteiger partial charge in [0.1, 0.15) is 5.41 Å². The number of anilines is 2. The number of hydrogen-bond acceptors (Lipinski definition) is 4. The molecule has 2 rings (SSSR count). The summed E-state index contributed by atoms with van der Waals surface area (Å²) >= 11 is 0. The second kappa shape index (κ2) is 8.85. The molecule has 2 amide bonds. The van der Waals surface area contributed by atoms with Crippen molar-refractivity contribution < 1.29 is 14.3 Å². The lowest BCUT2D eigenvalue weighted by Gasteiger charge is -2.29. The number of amides is 2. The minimum Gasteiger partial charge on any atom is -0.383 e. The zero-order valence-corrected chi connectivity index (χ0v) is 15.4. The summed E-state index contributed by atoms with van der Waals surface area (Å²) in [5.41, 5.74) is 0.719. The summed E-state index contributed by atoms with van der Waals surface area (Å²) in [4.78, 5) is 27.0. The molecule has 138 valence electrons. The standard InChI is InChI=1S/C19H29N3O3/c1-19(2,17(23)20-11-14-25-3)18(24)21-15-7-9-16(10-8-15)22-12-5-4-6-13-22/h7-10H,4-6,11-14H2,1-3H3,(H,20,23)(H,21,24). The Bertz CT molecular complexity index is 578. The van der Waals surface area contributed by atoms with E-state index < -0.39 is 5.41 Å². The summed E-state index contributed by atoms with van der Waals surface area (Å²) in [5, 5.41) is 5.55. The molecule has 0 bridgehead atoms. The lowest BCUT2D eigenvalue weighted by molar-refractivity contribution is -0.138.